The van der Waals surface area contributed by atoms with Gasteiger partial charge in [-0.25, -0.2) is 14.5 Å². The Kier molecular flexibility index (Phi) is 9.79. The van der Waals surface area contributed by atoms with Gasteiger partial charge in [-0.15, -0.1) is 0 Å². The molecule has 4 heterocycles. The predicted molar refractivity (Wildman–Crippen MR) is 192 cm³/mol. The minimum Gasteiger partial charge on any atom is -0.495 e. The molecular formula is C38H37F3N8O6. The van der Waals surface area contributed by atoms with Gasteiger partial charge in [0.2, 0.25) is 5.91 Å². The van der Waals surface area contributed by atoms with Crippen LogP contribution in [0.1, 0.15) is 74.7 Å². The lowest BCUT2D eigenvalue weighted by molar-refractivity contribution is -0.141. The molecule has 4 N–H and O–H groups in total. The first-order valence-corrected chi connectivity index (χ1v) is 17.6. The number of amides is 6. The number of hydrogen-bond acceptors (Lipinski definition) is 8. The van der Waals surface area contributed by atoms with Crippen LogP contribution in [0.2, 0.25) is 0 Å². The molecule has 4 aromatic rings. The molecule has 3 fully saturated rings. The van der Waals surface area contributed by atoms with Gasteiger partial charge < -0.3 is 20.7 Å². The van der Waals surface area contributed by atoms with Crippen LogP contribution < -0.4 is 26.0 Å². The molecule has 17 heteroatoms. The Morgan fingerprint density at radius 2 is 1.75 bits per heavy atom. The molecule has 7 rings (SSSR count). The molecule has 2 aliphatic heterocycles. The van der Waals surface area contributed by atoms with Gasteiger partial charge in [0.05, 0.1) is 30.4 Å². The van der Waals surface area contributed by atoms with E-state index in [1.54, 1.807) is 18.2 Å². The Balaban J connectivity index is 0.933. The second-order valence-corrected chi connectivity index (χ2v) is 14.1. The molecule has 0 atom stereocenters. The first kappa shape index (κ1) is 37.1. The number of nitrogens with two attached hydrogens (primary N) is 1. The minimum absolute atomic E-state index is 0.0766. The van der Waals surface area contributed by atoms with E-state index >= 15 is 0 Å². The molecule has 286 valence electrons. The molecule has 2 aromatic carbocycles. The Hall–Kier alpha value is -6.26. The van der Waals surface area contributed by atoms with Gasteiger partial charge in [-0.2, -0.15) is 18.3 Å². The molecule has 55 heavy (non-hydrogen) atoms. The van der Waals surface area contributed by atoms with E-state index < -0.39 is 35.4 Å². The monoisotopic (exact) mass is 758 g/mol. The third kappa shape index (κ3) is 7.72. The van der Waals surface area contributed by atoms with Crippen molar-refractivity contribution in [2.24, 2.45) is 17.1 Å². The van der Waals surface area contributed by atoms with E-state index in [2.05, 4.69) is 20.7 Å². The van der Waals surface area contributed by atoms with Gasteiger partial charge in [-0.1, -0.05) is 18.2 Å². The number of imide groups is 1. The Morgan fingerprint density at radius 1 is 1.02 bits per heavy atom. The standard InChI is InChI=1S/C38H37F3N8O6/c1-55-29-10-7-24(18-28(29)48-14-11-31(50)45-36(48)54)35(53)47-15-12-37(13-16-47)19-23(20-37)17-22-5-8-25(9-6-22)49-21-27(32(46-49)33(42)51)44-34(52)26-3-2-4-30(43-26)38(39,40)41/h2-10,18,21,23H,11-17,19-20H2,1H3,(H2,42,51)(H,44,52)(H,45,50,54). The number of nitrogens with one attached hydrogen (secondary N) is 2. The zero-order valence-electron chi connectivity index (χ0n) is 29.7. The maximum absolute atomic E-state index is 13.5. The Labute approximate surface area is 312 Å². The number of benzene rings is 2. The van der Waals surface area contributed by atoms with E-state index in [4.69, 9.17) is 10.5 Å². The zero-order chi connectivity index (χ0) is 39.1. The van der Waals surface area contributed by atoms with Crippen molar-refractivity contribution in [3.63, 3.8) is 0 Å². The molecule has 14 nitrogen and oxygen atoms in total. The number of methoxy groups -OCH3 is 1. The lowest BCUT2D eigenvalue weighted by atomic mass is 9.56. The van der Waals surface area contributed by atoms with Gasteiger partial charge in [0.1, 0.15) is 17.1 Å². The van der Waals surface area contributed by atoms with Crippen LogP contribution in [0, 0.1) is 11.3 Å². The van der Waals surface area contributed by atoms with Crippen LogP contribution in [0.4, 0.5) is 29.3 Å². The van der Waals surface area contributed by atoms with Gasteiger partial charge in [0.15, 0.2) is 5.69 Å². The summed E-state index contributed by atoms with van der Waals surface area (Å²) in [5, 5.41) is 8.90. The highest BCUT2D eigenvalue weighted by Gasteiger charge is 2.46. The van der Waals surface area contributed by atoms with E-state index in [0.29, 0.717) is 41.7 Å². The normalized spacial score (nSPS) is 17.1. The van der Waals surface area contributed by atoms with Gasteiger partial charge in [-0.3, -0.25) is 29.4 Å². The van der Waals surface area contributed by atoms with E-state index in [9.17, 15) is 37.1 Å². The van der Waals surface area contributed by atoms with E-state index in [1.165, 1.54) is 22.9 Å². The number of hydrogen-bond donors (Lipinski definition) is 3. The average Bonchev–Trinajstić information content (AvgIpc) is 3.58. The smallest absolute Gasteiger partial charge is 0.433 e. The van der Waals surface area contributed by atoms with Crippen LogP contribution >= 0.6 is 0 Å². The lowest BCUT2D eigenvalue weighted by Gasteiger charge is -2.52. The number of urea groups is 1. The van der Waals surface area contributed by atoms with Crippen LogP contribution in [-0.4, -0.2) is 76.1 Å². The molecule has 6 amide bonds. The summed E-state index contributed by atoms with van der Waals surface area (Å²) < 4.78 is 46.1. The van der Waals surface area contributed by atoms with Gasteiger partial charge >= 0.3 is 12.2 Å². The van der Waals surface area contributed by atoms with Crippen molar-refractivity contribution >= 4 is 41.0 Å². The highest BCUT2D eigenvalue weighted by atomic mass is 19.4. The second-order valence-electron chi connectivity index (χ2n) is 14.1. The van der Waals surface area contributed by atoms with E-state index in [0.717, 1.165) is 55.9 Å². The number of piperidine rings is 1. The number of likely N-dealkylation sites (tertiary alicyclic amines) is 1. The number of rotatable bonds is 9. The van der Waals surface area contributed by atoms with Crippen molar-refractivity contribution in [2.75, 3.05) is 37.0 Å². The molecular weight excluding hydrogens is 721 g/mol. The number of halogens is 3. The van der Waals surface area contributed by atoms with Crippen LogP contribution in [0.3, 0.4) is 0 Å². The fourth-order valence-electron chi connectivity index (χ4n) is 7.72. The maximum atomic E-state index is 13.5. The highest BCUT2D eigenvalue weighted by molar-refractivity contribution is 6.08. The maximum Gasteiger partial charge on any atom is 0.433 e. The molecule has 2 saturated heterocycles. The molecule has 1 spiro atoms. The summed E-state index contributed by atoms with van der Waals surface area (Å²) in [7, 11) is 1.48. The predicted octanol–water partition coefficient (Wildman–Crippen LogP) is 4.97. The second kappa shape index (κ2) is 14.5. The van der Waals surface area contributed by atoms with Crippen molar-refractivity contribution in [3.05, 3.63) is 95.1 Å². The van der Waals surface area contributed by atoms with Crippen molar-refractivity contribution in [3.8, 4) is 11.4 Å². The Morgan fingerprint density at radius 3 is 2.40 bits per heavy atom. The third-order valence-electron chi connectivity index (χ3n) is 10.5. The molecule has 2 aromatic heterocycles. The van der Waals surface area contributed by atoms with Crippen molar-refractivity contribution in [1.29, 1.82) is 0 Å². The highest BCUT2D eigenvalue weighted by Crippen LogP contribution is 2.53. The summed E-state index contributed by atoms with van der Waals surface area (Å²) >= 11 is 0. The number of pyridine rings is 1. The quantitative estimate of drug-likeness (QED) is 0.214. The van der Waals surface area contributed by atoms with E-state index in [1.807, 2.05) is 29.2 Å². The van der Waals surface area contributed by atoms with Crippen LogP contribution in [0.5, 0.6) is 5.75 Å². The van der Waals surface area contributed by atoms with Crippen molar-refractivity contribution in [2.45, 2.75) is 44.7 Å². The van der Waals surface area contributed by atoms with Gasteiger partial charge in [0.25, 0.3) is 17.7 Å². The fraction of sp³-hybridized carbons (Fsp3) is 0.342. The molecule has 0 unspecified atom stereocenters. The number of carbonyl (C=O) groups is 5. The summed E-state index contributed by atoms with van der Waals surface area (Å²) in [5.41, 5.74) is 6.15. The fourth-order valence-corrected chi connectivity index (χ4v) is 7.72. The summed E-state index contributed by atoms with van der Waals surface area (Å²) in [6, 6.07) is 14.9. The number of primary amides is 1. The first-order chi connectivity index (χ1) is 26.2. The molecule has 1 aliphatic carbocycles. The number of nitrogens with zero attached hydrogens (tertiary/aromatic N) is 5. The zero-order valence-corrected chi connectivity index (χ0v) is 29.7. The number of aromatic nitrogens is 3. The largest absolute Gasteiger partial charge is 0.495 e. The molecule has 3 aliphatic rings. The van der Waals surface area contributed by atoms with Crippen LogP contribution in [0.25, 0.3) is 5.69 Å². The summed E-state index contributed by atoms with van der Waals surface area (Å²) in [6.07, 6.45) is 1.48. The topological polar surface area (TPSA) is 182 Å². The summed E-state index contributed by atoms with van der Waals surface area (Å²) in [6.45, 7) is 1.43. The number of anilines is 2. The summed E-state index contributed by atoms with van der Waals surface area (Å²) in [4.78, 5) is 69.2. The van der Waals surface area contributed by atoms with E-state index in [-0.39, 0.29) is 41.6 Å². The van der Waals surface area contributed by atoms with Crippen LogP contribution in [0.15, 0.2) is 66.9 Å². The third-order valence-corrected chi connectivity index (χ3v) is 10.5. The number of carbonyl (C=O) groups excluding carboxylic acids is 5. The van der Waals surface area contributed by atoms with Crippen molar-refractivity contribution in [1.82, 2.24) is 25.0 Å². The SMILES string of the molecule is COc1ccc(C(=O)N2CCC3(CC2)CC(Cc2ccc(-n4cc(NC(=O)c5cccc(C(F)(F)F)n5)c(C(N)=O)n4)cc2)C3)cc1N1CCC(=O)NC1=O. The Bertz CT molecular complexity index is 2170. The average molecular weight is 759 g/mol. The summed E-state index contributed by atoms with van der Waals surface area (Å²) in [5.74, 6) is -1.47. The lowest BCUT2D eigenvalue weighted by Crippen LogP contribution is -2.50. The van der Waals surface area contributed by atoms with Gasteiger partial charge in [-0.05, 0) is 91.5 Å². The molecule has 0 bridgehead atoms. The number of alkyl halides is 3. The minimum atomic E-state index is -4.74. The number of ether oxygens (including phenoxy) is 1. The molecule has 0 radical (unpaired) electrons. The molecule has 1 saturated carbocycles. The van der Waals surface area contributed by atoms with Crippen molar-refractivity contribution < 1.29 is 41.9 Å². The van der Waals surface area contributed by atoms with Gasteiger partial charge in [0, 0.05) is 31.6 Å². The van der Waals surface area contributed by atoms with Crippen LogP contribution in [-0.2, 0) is 17.4 Å². The first-order valence-electron chi connectivity index (χ1n) is 17.6.